The summed E-state index contributed by atoms with van der Waals surface area (Å²) in [5.41, 5.74) is 1.36. The SMILES string of the molecule is O=C(Nc1ccc(-n2ccnc2)nc1)c1cn[nH]c1-c1ccccc1F. The molecule has 1 amide bonds. The van der Waals surface area contributed by atoms with Crippen LogP contribution in [0.2, 0.25) is 0 Å². The zero-order chi connectivity index (χ0) is 17.9. The van der Waals surface area contributed by atoms with Gasteiger partial charge in [0.1, 0.15) is 18.0 Å². The molecule has 3 aromatic heterocycles. The Morgan fingerprint density at radius 3 is 2.77 bits per heavy atom. The number of pyridine rings is 1. The molecule has 0 saturated heterocycles. The predicted molar refractivity (Wildman–Crippen MR) is 93.3 cm³/mol. The van der Waals surface area contributed by atoms with Gasteiger partial charge in [0.2, 0.25) is 0 Å². The van der Waals surface area contributed by atoms with Crippen LogP contribution in [0.3, 0.4) is 0 Å². The smallest absolute Gasteiger partial charge is 0.259 e. The first kappa shape index (κ1) is 15.7. The van der Waals surface area contributed by atoms with Gasteiger partial charge in [-0.15, -0.1) is 0 Å². The van der Waals surface area contributed by atoms with Crippen LogP contribution >= 0.6 is 0 Å². The first-order valence-electron chi connectivity index (χ1n) is 7.76. The molecule has 0 aliphatic rings. The minimum absolute atomic E-state index is 0.244. The van der Waals surface area contributed by atoms with E-state index in [2.05, 4.69) is 25.5 Å². The van der Waals surface area contributed by atoms with E-state index in [1.54, 1.807) is 53.6 Å². The van der Waals surface area contributed by atoms with Crippen molar-refractivity contribution in [2.24, 2.45) is 0 Å². The third kappa shape index (κ3) is 2.95. The quantitative estimate of drug-likeness (QED) is 0.593. The van der Waals surface area contributed by atoms with Crippen LogP contribution in [0.4, 0.5) is 10.1 Å². The number of aromatic nitrogens is 5. The number of carbonyl (C=O) groups is 1. The van der Waals surface area contributed by atoms with Crippen LogP contribution in [-0.2, 0) is 0 Å². The van der Waals surface area contributed by atoms with Gasteiger partial charge in [0.25, 0.3) is 5.91 Å². The van der Waals surface area contributed by atoms with Gasteiger partial charge in [0.05, 0.1) is 29.3 Å². The third-order valence-corrected chi connectivity index (χ3v) is 3.80. The number of aromatic amines is 1. The molecule has 0 aliphatic carbocycles. The number of nitrogens with one attached hydrogen (secondary N) is 2. The minimum atomic E-state index is -0.433. The maximum atomic E-state index is 14.0. The molecule has 3 heterocycles. The van der Waals surface area contributed by atoms with Crippen molar-refractivity contribution in [1.82, 2.24) is 24.7 Å². The molecule has 0 fully saturated rings. The van der Waals surface area contributed by atoms with Crippen molar-refractivity contribution in [3.8, 4) is 17.1 Å². The highest BCUT2D eigenvalue weighted by molar-refractivity contribution is 6.07. The van der Waals surface area contributed by atoms with Gasteiger partial charge in [-0.05, 0) is 24.3 Å². The Bertz CT molecular complexity index is 1040. The molecule has 0 radical (unpaired) electrons. The van der Waals surface area contributed by atoms with E-state index in [1.165, 1.54) is 18.5 Å². The Hall–Kier alpha value is -3.81. The van der Waals surface area contributed by atoms with E-state index < -0.39 is 11.7 Å². The second-order valence-corrected chi connectivity index (χ2v) is 5.47. The number of hydrogen-bond acceptors (Lipinski definition) is 4. The third-order valence-electron chi connectivity index (χ3n) is 3.80. The molecule has 7 nitrogen and oxygen atoms in total. The van der Waals surface area contributed by atoms with E-state index in [4.69, 9.17) is 0 Å². The van der Waals surface area contributed by atoms with Crippen LogP contribution in [-0.4, -0.2) is 30.6 Å². The Morgan fingerprint density at radius 1 is 1.15 bits per heavy atom. The van der Waals surface area contributed by atoms with Gasteiger partial charge in [0, 0.05) is 18.0 Å². The van der Waals surface area contributed by atoms with Gasteiger partial charge in [-0.2, -0.15) is 5.10 Å². The van der Waals surface area contributed by atoms with E-state index in [9.17, 15) is 9.18 Å². The molecule has 0 bridgehead atoms. The number of anilines is 1. The van der Waals surface area contributed by atoms with Crippen LogP contribution < -0.4 is 5.32 Å². The maximum Gasteiger partial charge on any atom is 0.259 e. The molecular weight excluding hydrogens is 335 g/mol. The number of halogens is 1. The second kappa shape index (κ2) is 6.60. The monoisotopic (exact) mass is 348 g/mol. The number of amides is 1. The Kier molecular flexibility index (Phi) is 3.98. The lowest BCUT2D eigenvalue weighted by atomic mass is 10.1. The molecule has 8 heteroatoms. The van der Waals surface area contributed by atoms with Crippen molar-refractivity contribution in [3.05, 3.63) is 78.9 Å². The number of H-pyrrole nitrogens is 1. The van der Waals surface area contributed by atoms with Crippen LogP contribution in [0.25, 0.3) is 17.1 Å². The largest absolute Gasteiger partial charge is 0.320 e. The molecule has 0 unspecified atom stereocenters. The fourth-order valence-electron chi connectivity index (χ4n) is 2.53. The number of rotatable bonds is 4. The Labute approximate surface area is 147 Å². The average Bonchev–Trinajstić information content (AvgIpc) is 3.35. The molecule has 4 aromatic rings. The van der Waals surface area contributed by atoms with Gasteiger partial charge >= 0.3 is 0 Å². The van der Waals surface area contributed by atoms with E-state index in [1.807, 2.05) is 0 Å². The van der Waals surface area contributed by atoms with Gasteiger partial charge in [-0.1, -0.05) is 12.1 Å². The van der Waals surface area contributed by atoms with Crippen molar-refractivity contribution in [3.63, 3.8) is 0 Å². The topological polar surface area (TPSA) is 88.5 Å². The first-order chi connectivity index (χ1) is 12.7. The number of carbonyl (C=O) groups excluding carboxylic acids is 1. The molecule has 0 saturated carbocycles. The summed E-state index contributed by atoms with van der Waals surface area (Å²) in [5, 5.41) is 9.29. The van der Waals surface area contributed by atoms with Crippen LogP contribution in [0.1, 0.15) is 10.4 Å². The molecule has 1 aromatic carbocycles. The number of nitrogens with zero attached hydrogens (tertiary/aromatic N) is 4. The van der Waals surface area contributed by atoms with Gasteiger partial charge < -0.3 is 5.32 Å². The summed E-state index contributed by atoms with van der Waals surface area (Å²) < 4.78 is 15.8. The lowest BCUT2D eigenvalue weighted by molar-refractivity contribution is 0.102. The number of benzene rings is 1. The Balaban J connectivity index is 1.56. The minimum Gasteiger partial charge on any atom is -0.320 e. The van der Waals surface area contributed by atoms with Crippen LogP contribution in [0, 0.1) is 5.82 Å². The van der Waals surface area contributed by atoms with E-state index in [0.29, 0.717) is 17.2 Å². The van der Waals surface area contributed by atoms with E-state index in [-0.39, 0.29) is 11.1 Å². The number of imidazole rings is 1. The maximum absolute atomic E-state index is 14.0. The summed E-state index contributed by atoms with van der Waals surface area (Å²) in [5.74, 6) is -0.165. The first-order valence-corrected chi connectivity index (χ1v) is 7.76. The summed E-state index contributed by atoms with van der Waals surface area (Å²) in [4.78, 5) is 20.8. The summed E-state index contributed by atoms with van der Waals surface area (Å²) in [6.45, 7) is 0. The predicted octanol–water partition coefficient (Wildman–Crippen LogP) is 3.05. The highest BCUT2D eigenvalue weighted by atomic mass is 19.1. The second-order valence-electron chi connectivity index (χ2n) is 5.47. The van der Waals surface area contributed by atoms with Crippen molar-refractivity contribution in [2.75, 3.05) is 5.32 Å². The highest BCUT2D eigenvalue weighted by Gasteiger charge is 2.17. The molecule has 0 aliphatic heterocycles. The highest BCUT2D eigenvalue weighted by Crippen LogP contribution is 2.24. The summed E-state index contributed by atoms with van der Waals surface area (Å²) in [7, 11) is 0. The average molecular weight is 348 g/mol. The zero-order valence-electron chi connectivity index (χ0n) is 13.4. The fourth-order valence-corrected chi connectivity index (χ4v) is 2.53. The zero-order valence-corrected chi connectivity index (χ0v) is 13.4. The van der Waals surface area contributed by atoms with Crippen LogP contribution in [0.5, 0.6) is 0 Å². The summed E-state index contributed by atoms with van der Waals surface area (Å²) in [6, 6.07) is 9.67. The van der Waals surface area contributed by atoms with Crippen molar-refractivity contribution >= 4 is 11.6 Å². The lowest BCUT2D eigenvalue weighted by Crippen LogP contribution is -2.12. The van der Waals surface area contributed by atoms with E-state index in [0.717, 1.165) is 0 Å². The molecule has 4 rings (SSSR count). The van der Waals surface area contributed by atoms with Crippen molar-refractivity contribution in [2.45, 2.75) is 0 Å². The molecule has 26 heavy (non-hydrogen) atoms. The summed E-state index contributed by atoms with van der Waals surface area (Å²) in [6.07, 6.45) is 7.96. The van der Waals surface area contributed by atoms with Gasteiger partial charge in [-0.25, -0.2) is 14.4 Å². The van der Waals surface area contributed by atoms with Crippen molar-refractivity contribution in [1.29, 1.82) is 0 Å². The fraction of sp³-hybridized carbons (Fsp3) is 0. The molecule has 128 valence electrons. The lowest BCUT2D eigenvalue weighted by Gasteiger charge is -2.07. The van der Waals surface area contributed by atoms with E-state index >= 15 is 0 Å². The molecule has 0 spiro atoms. The molecule has 2 N–H and O–H groups in total. The molecule has 0 atom stereocenters. The number of hydrogen-bond donors (Lipinski definition) is 2. The normalized spacial score (nSPS) is 10.7. The summed E-state index contributed by atoms with van der Waals surface area (Å²) >= 11 is 0. The standard InChI is InChI=1S/C18H13FN6O/c19-15-4-2-1-3-13(15)17-14(10-22-24-17)18(26)23-12-5-6-16(21-9-12)25-8-7-20-11-25/h1-11H,(H,22,24)(H,23,26). The van der Waals surface area contributed by atoms with Crippen molar-refractivity contribution < 1.29 is 9.18 Å². The van der Waals surface area contributed by atoms with Crippen LogP contribution in [0.15, 0.2) is 67.5 Å². The van der Waals surface area contributed by atoms with Gasteiger partial charge in [0.15, 0.2) is 0 Å². The molecular formula is C18H13FN6O. The van der Waals surface area contributed by atoms with Gasteiger partial charge in [-0.3, -0.25) is 14.5 Å². The Morgan fingerprint density at radius 2 is 2.04 bits per heavy atom.